The number of fused-ring (bicyclic) bond motifs is 8. The van der Waals surface area contributed by atoms with Crippen molar-refractivity contribution < 1.29 is 4.74 Å². The first kappa shape index (κ1) is 17.9. The van der Waals surface area contributed by atoms with Crippen LogP contribution < -0.4 is 0 Å². The largest absolute Gasteiger partial charge is 0.364 e. The van der Waals surface area contributed by atoms with Crippen LogP contribution in [0.4, 0.5) is 0 Å². The molecule has 32 heavy (non-hydrogen) atoms. The van der Waals surface area contributed by atoms with Gasteiger partial charge in [0.05, 0.1) is 5.41 Å². The maximum absolute atomic E-state index is 6.48. The minimum atomic E-state index is -0.637. The lowest BCUT2D eigenvalue weighted by molar-refractivity contribution is 0.0564. The number of ether oxygens (including phenoxy) is 1. The van der Waals surface area contributed by atoms with Crippen LogP contribution in [0.2, 0.25) is 0 Å². The van der Waals surface area contributed by atoms with Gasteiger partial charge in [0.15, 0.2) is 0 Å². The summed E-state index contributed by atoms with van der Waals surface area (Å²) in [5.74, 6) is 0. The van der Waals surface area contributed by atoms with Crippen molar-refractivity contribution in [3.63, 3.8) is 0 Å². The van der Waals surface area contributed by atoms with Gasteiger partial charge in [-0.3, -0.25) is 0 Å². The molecule has 3 aliphatic rings. The van der Waals surface area contributed by atoms with Gasteiger partial charge in [-0.15, -0.1) is 0 Å². The van der Waals surface area contributed by atoms with Gasteiger partial charge in [-0.1, -0.05) is 110 Å². The molecule has 0 unspecified atom stereocenters. The van der Waals surface area contributed by atoms with E-state index in [1.807, 2.05) is 7.11 Å². The first-order chi connectivity index (χ1) is 15.7. The fourth-order valence-electron chi connectivity index (χ4n) is 6.40. The lowest BCUT2D eigenvalue weighted by Gasteiger charge is -2.48. The summed E-state index contributed by atoms with van der Waals surface area (Å²) in [5.41, 5.74) is 11.5. The molecular formula is C31H22O. The molecule has 3 aliphatic carbocycles. The van der Waals surface area contributed by atoms with Crippen LogP contribution in [0.25, 0.3) is 22.3 Å². The second-order valence-corrected chi connectivity index (χ2v) is 8.91. The van der Waals surface area contributed by atoms with Gasteiger partial charge >= 0.3 is 0 Å². The fourth-order valence-corrected chi connectivity index (χ4v) is 6.40. The van der Waals surface area contributed by atoms with Crippen molar-refractivity contribution in [2.45, 2.75) is 11.0 Å². The van der Waals surface area contributed by atoms with E-state index < -0.39 is 5.60 Å². The van der Waals surface area contributed by atoms with E-state index in [0.29, 0.717) is 0 Å². The molecule has 1 nitrogen and oxygen atoms in total. The lowest BCUT2D eigenvalue weighted by atomic mass is 9.57. The normalized spacial score (nSPS) is 17.8. The van der Waals surface area contributed by atoms with Gasteiger partial charge in [-0.25, -0.2) is 0 Å². The third-order valence-electron chi connectivity index (χ3n) is 7.74. The van der Waals surface area contributed by atoms with Crippen molar-refractivity contribution in [2.75, 3.05) is 7.11 Å². The molecule has 0 atom stereocenters. The van der Waals surface area contributed by atoms with Crippen LogP contribution in [-0.4, -0.2) is 7.11 Å². The summed E-state index contributed by atoms with van der Waals surface area (Å²) >= 11 is 0. The Labute approximate surface area is 188 Å². The summed E-state index contributed by atoms with van der Waals surface area (Å²) in [5, 5.41) is 0. The van der Waals surface area contributed by atoms with Crippen LogP contribution in [0.5, 0.6) is 0 Å². The molecule has 152 valence electrons. The molecule has 7 rings (SSSR count). The van der Waals surface area contributed by atoms with E-state index in [1.165, 1.54) is 50.1 Å². The minimum absolute atomic E-state index is 0.291. The Morgan fingerprint density at radius 3 is 1.34 bits per heavy atom. The molecule has 0 heterocycles. The zero-order valence-corrected chi connectivity index (χ0v) is 17.9. The predicted octanol–water partition coefficient (Wildman–Crippen LogP) is 7.02. The van der Waals surface area contributed by atoms with Crippen LogP contribution >= 0.6 is 0 Å². The minimum Gasteiger partial charge on any atom is -0.364 e. The first-order valence-corrected chi connectivity index (χ1v) is 11.1. The van der Waals surface area contributed by atoms with Crippen molar-refractivity contribution in [2.24, 2.45) is 0 Å². The SMILES string of the molecule is C=C1C(C2(OC)c3ccccc3-c3ccccc32)=CC12c1ccccc1-c1ccccc12. The Kier molecular flexibility index (Phi) is 3.35. The summed E-state index contributed by atoms with van der Waals surface area (Å²) < 4.78 is 6.48. The number of hydrogen-bond donors (Lipinski definition) is 0. The lowest BCUT2D eigenvalue weighted by Crippen LogP contribution is -2.44. The van der Waals surface area contributed by atoms with Gasteiger partial charge in [0.2, 0.25) is 0 Å². The topological polar surface area (TPSA) is 9.23 Å². The molecule has 0 radical (unpaired) electrons. The van der Waals surface area contributed by atoms with E-state index >= 15 is 0 Å². The monoisotopic (exact) mass is 410 g/mol. The first-order valence-electron chi connectivity index (χ1n) is 11.1. The Hall–Kier alpha value is -3.68. The van der Waals surface area contributed by atoms with Crippen LogP contribution in [-0.2, 0) is 15.8 Å². The molecule has 0 saturated heterocycles. The molecule has 0 fully saturated rings. The van der Waals surface area contributed by atoms with Crippen molar-refractivity contribution >= 4 is 0 Å². The van der Waals surface area contributed by atoms with Crippen molar-refractivity contribution in [3.05, 3.63) is 143 Å². The number of benzene rings is 4. The van der Waals surface area contributed by atoms with Gasteiger partial charge in [0.25, 0.3) is 0 Å². The van der Waals surface area contributed by atoms with Crippen LogP contribution in [0.15, 0.2) is 121 Å². The quantitative estimate of drug-likeness (QED) is 0.345. The van der Waals surface area contributed by atoms with Gasteiger partial charge in [0, 0.05) is 18.2 Å². The summed E-state index contributed by atoms with van der Waals surface area (Å²) in [7, 11) is 1.83. The standard InChI is InChI=1S/C31H22O/c1-20-29(19-30(20)25-15-7-3-11-21(25)22-12-4-8-16-26(22)30)31(32-2)27-17-9-5-13-23(27)24-14-6-10-18-28(24)31/h3-19H,1H2,2H3. The molecule has 4 aromatic carbocycles. The van der Waals surface area contributed by atoms with Gasteiger partial charge < -0.3 is 4.74 Å². The van der Waals surface area contributed by atoms with Gasteiger partial charge in [-0.05, 0) is 44.5 Å². The molecule has 1 spiro atoms. The van der Waals surface area contributed by atoms with Gasteiger partial charge in [-0.2, -0.15) is 0 Å². The fraction of sp³-hybridized carbons (Fsp3) is 0.0968. The molecule has 0 saturated carbocycles. The second-order valence-electron chi connectivity index (χ2n) is 8.91. The zero-order valence-electron chi connectivity index (χ0n) is 17.9. The molecule has 0 bridgehead atoms. The third kappa shape index (κ3) is 1.82. The highest BCUT2D eigenvalue weighted by Crippen LogP contribution is 2.66. The van der Waals surface area contributed by atoms with Crippen molar-refractivity contribution in [1.82, 2.24) is 0 Å². The van der Waals surface area contributed by atoms with E-state index in [2.05, 4.69) is 103 Å². The molecular weight excluding hydrogens is 388 g/mol. The summed E-state index contributed by atoms with van der Waals surface area (Å²) in [6.45, 7) is 4.71. The molecule has 0 N–H and O–H groups in total. The summed E-state index contributed by atoms with van der Waals surface area (Å²) in [4.78, 5) is 0. The average Bonchev–Trinajstić information content (AvgIpc) is 3.32. The zero-order chi connectivity index (χ0) is 21.5. The maximum Gasteiger partial charge on any atom is 0.144 e. The molecule has 1 heteroatoms. The smallest absolute Gasteiger partial charge is 0.144 e. The molecule has 0 aliphatic heterocycles. The van der Waals surface area contributed by atoms with Crippen LogP contribution in [0.3, 0.4) is 0 Å². The van der Waals surface area contributed by atoms with Crippen molar-refractivity contribution in [1.29, 1.82) is 0 Å². The molecule has 0 amide bonds. The highest BCUT2D eigenvalue weighted by molar-refractivity contribution is 5.91. The second kappa shape index (κ2) is 5.97. The third-order valence-corrected chi connectivity index (χ3v) is 7.74. The van der Waals surface area contributed by atoms with E-state index in [0.717, 1.165) is 5.57 Å². The van der Waals surface area contributed by atoms with Crippen molar-refractivity contribution in [3.8, 4) is 22.3 Å². The van der Waals surface area contributed by atoms with E-state index in [4.69, 9.17) is 11.3 Å². The molecule has 4 aromatic rings. The van der Waals surface area contributed by atoms with Crippen LogP contribution in [0, 0.1) is 0 Å². The number of rotatable bonds is 2. The number of methoxy groups -OCH3 is 1. The number of allylic oxidation sites excluding steroid dienone is 1. The highest BCUT2D eigenvalue weighted by Gasteiger charge is 2.58. The van der Waals surface area contributed by atoms with E-state index in [1.54, 1.807) is 0 Å². The Bertz CT molecular complexity index is 1390. The Morgan fingerprint density at radius 2 is 0.938 bits per heavy atom. The average molecular weight is 411 g/mol. The maximum atomic E-state index is 6.48. The van der Waals surface area contributed by atoms with E-state index in [-0.39, 0.29) is 5.41 Å². The van der Waals surface area contributed by atoms with E-state index in [9.17, 15) is 0 Å². The molecule has 0 aromatic heterocycles. The highest BCUT2D eigenvalue weighted by atomic mass is 16.5. The van der Waals surface area contributed by atoms with Crippen LogP contribution in [0.1, 0.15) is 22.3 Å². The Balaban J connectivity index is 1.53. The Morgan fingerprint density at radius 1 is 0.562 bits per heavy atom. The van der Waals surface area contributed by atoms with Gasteiger partial charge in [0.1, 0.15) is 5.60 Å². The predicted molar refractivity (Wildman–Crippen MR) is 130 cm³/mol. The summed E-state index contributed by atoms with van der Waals surface area (Å²) in [6.07, 6.45) is 2.42. The number of hydrogen-bond acceptors (Lipinski definition) is 1. The summed E-state index contributed by atoms with van der Waals surface area (Å²) in [6, 6.07) is 34.7.